The Morgan fingerprint density at radius 1 is 1.20 bits per heavy atom. The third kappa shape index (κ3) is 4.57. The van der Waals surface area contributed by atoms with Crippen molar-refractivity contribution in [1.29, 1.82) is 0 Å². The number of amides is 2. The standard InChI is InChI=1S/C15H22N2O3/c1-4-17(5-2)15(19)10-14(18)16-11-12-8-6-7-9-13(12)20-3/h6-9H,4-5,10-11H2,1-3H3,(H,16,18). The topological polar surface area (TPSA) is 58.6 Å². The molecule has 1 rings (SSSR count). The number of para-hydroxylation sites is 1. The first kappa shape index (κ1) is 16.0. The van der Waals surface area contributed by atoms with E-state index in [9.17, 15) is 9.59 Å². The predicted octanol–water partition coefficient (Wildman–Crippen LogP) is 1.57. The van der Waals surface area contributed by atoms with Gasteiger partial charge in [0.1, 0.15) is 12.2 Å². The summed E-state index contributed by atoms with van der Waals surface area (Å²) in [6, 6.07) is 7.47. The molecule has 0 aliphatic rings. The largest absolute Gasteiger partial charge is 0.496 e. The number of hydrogen-bond acceptors (Lipinski definition) is 3. The van der Waals surface area contributed by atoms with Crippen LogP contribution in [0.15, 0.2) is 24.3 Å². The molecule has 0 aromatic heterocycles. The molecular weight excluding hydrogens is 256 g/mol. The van der Waals surface area contributed by atoms with Gasteiger partial charge in [-0.25, -0.2) is 0 Å². The second-order valence-electron chi connectivity index (χ2n) is 4.33. The molecule has 0 fully saturated rings. The maximum absolute atomic E-state index is 11.8. The van der Waals surface area contributed by atoms with E-state index in [-0.39, 0.29) is 18.2 Å². The van der Waals surface area contributed by atoms with Crippen LogP contribution < -0.4 is 10.1 Å². The smallest absolute Gasteiger partial charge is 0.231 e. The molecule has 0 aliphatic carbocycles. The average Bonchev–Trinajstić information content (AvgIpc) is 2.46. The van der Waals surface area contributed by atoms with Gasteiger partial charge in [0.05, 0.1) is 7.11 Å². The van der Waals surface area contributed by atoms with Crippen molar-refractivity contribution < 1.29 is 14.3 Å². The average molecular weight is 278 g/mol. The van der Waals surface area contributed by atoms with Crippen LogP contribution in [0.1, 0.15) is 25.8 Å². The van der Waals surface area contributed by atoms with Crippen molar-refractivity contribution in [1.82, 2.24) is 10.2 Å². The summed E-state index contributed by atoms with van der Waals surface area (Å²) in [6.07, 6.45) is -0.114. The summed E-state index contributed by atoms with van der Waals surface area (Å²) in [6.45, 7) is 5.39. The van der Waals surface area contributed by atoms with Gasteiger partial charge in [-0.05, 0) is 19.9 Å². The number of rotatable bonds is 7. The molecule has 1 N–H and O–H groups in total. The SMILES string of the molecule is CCN(CC)C(=O)CC(=O)NCc1ccccc1OC. The summed E-state index contributed by atoms with van der Waals surface area (Å²) in [5.74, 6) is 0.309. The molecule has 1 aromatic carbocycles. The monoisotopic (exact) mass is 278 g/mol. The van der Waals surface area contributed by atoms with Crippen molar-refractivity contribution in [3.8, 4) is 5.75 Å². The molecule has 20 heavy (non-hydrogen) atoms. The second kappa shape index (κ2) is 8.19. The van der Waals surface area contributed by atoms with E-state index in [1.165, 1.54) is 0 Å². The van der Waals surface area contributed by atoms with Gasteiger partial charge in [-0.2, -0.15) is 0 Å². The molecule has 110 valence electrons. The van der Waals surface area contributed by atoms with Crippen LogP contribution in [0.3, 0.4) is 0 Å². The first-order valence-corrected chi connectivity index (χ1v) is 6.78. The van der Waals surface area contributed by atoms with Crippen LogP contribution in [0.5, 0.6) is 5.75 Å². The van der Waals surface area contributed by atoms with Gasteiger partial charge >= 0.3 is 0 Å². The fraction of sp³-hybridized carbons (Fsp3) is 0.467. The molecule has 0 radical (unpaired) electrons. The molecule has 0 bridgehead atoms. The van der Waals surface area contributed by atoms with E-state index < -0.39 is 0 Å². The molecule has 0 spiro atoms. The summed E-state index contributed by atoms with van der Waals surface area (Å²) < 4.78 is 5.21. The van der Waals surface area contributed by atoms with E-state index in [0.29, 0.717) is 19.6 Å². The van der Waals surface area contributed by atoms with Gasteiger partial charge in [0.2, 0.25) is 11.8 Å². The Balaban J connectivity index is 2.49. The summed E-state index contributed by atoms with van der Waals surface area (Å²) in [4.78, 5) is 25.2. The molecule has 0 atom stereocenters. The molecule has 0 saturated carbocycles. The van der Waals surface area contributed by atoms with Crippen LogP contribution in [-0.2, 0) is 16.1 Å². The van der Waals surface area contributed by atoms with E-state index in [1.54, 1.807) is 12.0 Å². The Bertz CT molecular complexity index is 456. The predicted molar refractivity (Wildman–Crippen MR) is 77.4 cm³/mol. The maximum Gasteiger partial charge on any atom is 0.231 e. The zero-order chi connectivity index (χ0) is 15.0. The highest BCUT2D eigenvalue weighted by Crippen LogP contribution is 2.16. The fourth-order valence-electron chi connectivity index (χ4n) is 1.93. The second-order valence-corrected chi connectivity index (χ2v) is 4.33. The molecule has 1 aromatic rings. The lowest BCUT2D eigenvalue weighted by Crippen LogP contribution is -2.35. The quantitative estimate of drug-likeness (QED) is 0.770. The van der Waals surface area contributed by atoms with Gasteiger partial charge in [-0.1, -0.05) is 18.2 Å². The molecule has 2 amide bonds. The first-order chi connectivity index (χ1) is 9.62. The van der Waals surface area contributed by atoms with Crippen LogP contribution >= 0.6 is 0 Å². The fourth-order valence-corrected chi connectivity index (χ4v) is 1.93. The van der Waals surface area contributed by atoms with Crippen LogP contribution in [0.25, 0.3) is 0 Å². The number of nitrogens with zero attached hydrogens (tertiary/aromatic N) is 1. The maximum atomic E-state index is 11.8. The molecule has 5 nitrogen and oxygen atoms in total. The van der Waals surface area contributed by atoms with Crippen molar-refractivity contribution in [3.63, 3.8) is 0 Å². The summed E-state index contributed by atoms with van der Waals surface area (Å²) in [7, 11) is 1.59. The van der Waals surface area contributed by atoms with Crippen molar-refractivity contribution >= 4 is 11.8 Å². The van der Waals surface area contributed by atoms with Crippen LogP contribution in [0, 0.1) is 0 Å². The van der Waals surface area contributed by atoms with Gasteiger partial charge in [0, 0.05) is 25.2 Å². The number of carbonyl (C=O) groups is 2. The van der Waals surface area contributed by atoms with Crippen LogP contribution in [0.4, 0.5) is 0 Å². The minimum Gasteiger partial charge on any atom is -0.496 e. The molecule has 5 heteroatoms. The zero-order valence-corrected chi connectivity index (χ0v) is 12.3. The molecular formula is C15H22N2O3. The third-order valence-corrected chi connectivity index (χ3v) is 3.10. The molecule has 0 aliphatic heterocycles. The van der Waals surface area contributed by atoms with Crippen molar-refractivity contribution in [2.75, 3.05) is 20.2 Å². The number of ether oxygens (including phenoxy) is 1. The van der Waals surface area contributed by atoms with Crippen molar-refractivity contribution in [3.05, 3.63) is 29.8 Å². The minimum absolute atomic E-state index is 0.114. The van der Waals surface area contributed by atoms with E-state index in [2.05, 4.69) is 5.32 Å². The summed E-state index contributed by atoms with van der Waals surface area (Å²) in [5, 5.41) is 2.74. The number of methoxy groups -OCH3 is 1. The van der Waals surface area contributed by atoms with Gasteiger partial charge < -0.3 is 15.0 Å². The van der Waals surface area contributed by atoms with Gasteiger partial charge in [-0.3, -0.25) is 9.59 Å². The van der Waals surface area contributed by atoms with Crippen molar-refractivity contribution in [2.45, 2.75) is 26.8 Å². The lowest BCUT2D eigenvalue weighted by atomic mass is 10.2. The highest BCUT2D eigenvalue weighted by atomic mass is 16.5. The van der Waals surface area contributed by atoms with E-state index in [4.69, 9.17) is 4.74 Å². The van der Waals surface area contributed by atoms with E-state index in [1.807, 2.05) is 38.1 Å². The normalized spacial score (nSPS) is 9.95. The van der Waals surface area contributed by atoms with Gasteiger partial charge in [0.25, 0.3) is 0 Å². The third-order valence-electron chi connectivity index (χ3n) is 3.10. The summed E-state index contributed by atoms with van der Waals surface area (Å²) in [5.41, 5.74) is 0.888. The highest BCUT2D eigenvalue weighted by molar-refractivity contribution is 5.96. The van der Waals surface area contributed by atoms with Crippen LogP contribution in [-0.4, -0.2) is 36.9 Å². The Morgan fingerprint density at radius 2 is 1.85 bits per heavy atom. The van der Waals surface area contributed by atoms with E-state index >= 15 is 0 Å². The highest BCUT2D eigenvalue weighted by Gasteiger charge is 2.14. The zero-order valence-electron chi connectivity index (χ0n) is 12.3. The van der Waals surface area contributed by atoms with Gasteiger partial charge in [0.15, 0.2) is 0 Å². The van der Waals surface area contributed by atoms with Crippen molar-refractivity contribution in [2.24, 2.45) is 0 Å². The Kier molecular flexibility index (Phi) is 6.56. The Morgan fingerprint density at radius 3 is 2.45 bits per heavy atom. The lowest BCUT2D eigenvalue weighted by molar-refractivity contribution is -0.135. The molecule has 0 saturated heterocycles. The molecule has 0 heterocycles. The van der Waals surface area contributed by atoms with E-state index in [0.717, 1.165) is 11.3 Å². The van der Waals surface area contributed by atoms with Gasteiger partial charge in [-0.15, -0.1) is 0 Å². The Labute approximate surface area is 119 Å². The number of hydrogen-bond donors (Lipinski definition) is 1. The minimum atomic E-state index is -0.271. The lowest BCUT2D eigenvalue weighted by Gasteiger charge is -2.18. The first-order valence-electron chi connectivity index (χ1n) is 6.78. The number of carbonyl (C=O) groups excluding carboxylic acids is 2. The Hall–Kier alpha value is -2.04. The molecule has 0 unspecified atom stereocenters. The summed E-state index contributed by atoms with van der Waals surface area (Å²) >= 11 is 0. The van der Waals surface area contributed by atoms with Crippen LogP contribution in [0.2, 0.25) is 0 Å². The number of benzene rings is 1. The number of nitrogens with one attached hydrogen (secondary N) is 1.